The summed E-state index contributed by atoms with van der Waals surface area (Å²) in [6.45, 7) is 4.98. The molecule has 0 unspecified atom stereocenters. The topological polar surface area (TPSA) is 120 Å². The average Bonchev–Trinajstić information content (AvgIpc) is 3.69. The van der Waals surface area contributed by atoms with E-state index in [1.165, 1.54) is 0 Å². The molecule has 0 saturated carbocycles. The van der Waals surface area contributed by atoms with E-state index in [9.17, 15) is 9.59 Å². The zero-order chi connectivity index (χ0) is 31.9. The highest BCUT2D eigenvalue weighted by Crippen LogP contribution is 2.22. The fourth-order valence-corrected chi connectivity index (χ4v) is 5.23. The summed E-state index contributed by atoms with van der Waals surface area (Å²) in [5.41, 5.74) is 7.64. The summed E-state index contributed by atoms with van der Waals surface area (Å²) in [5, 5.41) is 15.6. The smallest absolute Gasteiger partial charge is 0.273 e. The molecule has 10 heteroatoms. The van der Waals surface area contributed by atoms with E-state index in [0.717, 1.165) is 33.6 Å². The van der Waals surface area contributed by atoms with Gasteiger partial charge in [-0.3, -0.25) is 28.9 Å². The molecule has 6 aromatic rings. The van der Waals surface area contributed by atoms with E-state index in [1.54, 1.807) is 34.2 Å². The third kappa shape index (κ3) is 7.24. The SMILES string of the molecule is Cc1cccc(NC(=O)c2cc(-c3ccncc3)nn2CCCCn2nc(-c3ccncc3)cc2C(=O)Nc2cccc(C)c2)c1. The van der Waals surface area contributed by atoms with Crippen LogP contribution in [0.3, 0.4) is 0 Å². The predicted octanol–water partition coefficient (Wildman–Crippen LogP) is 6.81. The summed E-state index contributed by atoms with van der Waals surface area (Å²) in [6.07, 6.45) is 8.22. The Morgan fingerprint density at radius 3 is 1.39 bits per heavy atom. The Bertz CT molecular complexity index is 1820. The molecule has 230 valence electrons. The van der Waals surface area contributed by atoms with Gasteiger partial charge in [0.25, 0.3) is 11.8 Å². The third-order valence-corrected chi connectivity index (χ3v) is 7.52. The van der Waals surface area contributed by atoms with Gasteiger partial charge < -0.3 is 10.6 Å². The molecule has 4 heterocycles. The molecule has 0 aliphatic heterocycles. The number of aryl methyl sites for hydroxylation is 4. The number of carbonyl (C=O) groups is 2. The molecule has 2 aromatic carbocycles. The van der Waals surface area contributed by atoms with Crippen LogP contribution in [-0.2, 0) is 13.1 Å². The van der Waals surface area contributed by atoms with E-state index in [4.69, 9.17) is 10.2 Å². The molecule has 0 saturated heterocycles. The number of nitrogens with one attached hydrogen (secondary N) is 2. The fraction of sp³-hybridized carbons (Fsp3) is 0.167. The second-order valence-corrected chi connectivity index (χ2v) is 11.1. The third-order valence-electron chi connectivity index (χ3n) is 7.52. The zero-order valence-electron chi connectivity index (χ0n) is 25.7. The molecule has 0 aliphatic rings. The van der Waals surface area contributed by atoms with Gasteiger partial charge in [0.1, 0.15) is 11.4 Å². The van der Waals surface area contributed by atoms with Gasteiger partial charge in [-0.25, -0.2) is 0 Å². The molecule has 46 heavy (non-hydrogen) atoms. The predicted molar refractivity (Wildman–Crippen MR) is 178 cm³/mol. The number of hydrogen-bond acceptors (Lipinski definition) is 6. The van der Waals surface area contributed by atoms with Crippen molar-refractivity contribution in [1.82, 2.24) is 29.5 Å². The lowest BCUT2D eigenvalue weighted by Gasteiger charge is -2.10. The summed E-state index contributed by atoms with van der Waals surface area (Å²) in [4.78, 5) is 35.1. The van der Waals surface area contributed by atoms with Crippen molar-refractivity contribution in [3.05, 3.63) is 132 Å². The van der Waals surface area contributed by atoms with Gasteiger partial charge in [0.2, 0.25) is 0 Å². The lowest BCUT2D eigenvalue weighted by atomic mass is 10.2. The van der Waals surface area contributed by atoms with Crippen LogP contribution in [0, 0.1) is 13.8 Å². The number of nitrogens with zero attached hydrogens (tertiary/aromatic N) is 6. The van der Waals surface area contributed by atoms with Gasteiger partial charge >= 0.3 is 0 Å². The van der Waals surface area contributed by atoms with Gasteiger partial charge in [-0.05, 0) is 98.5 Å². The number of hydrogen-bond donors (Lipinski definition) is 2. The highest BCUT2D eigenvalue weighted by Gasteiger charge is 2.19. The highest BCUT2D eigenvalue weighted by atomic mass is 16.2. The van der Waals surface area contributed by atoms with Crippen molar-refractivity contribution >= 4 is 23.2 Å². The minimum absolute atomic E-state index is 0.234. The van der Waals surface area contributed by atoms with Gasteiger partial charge in [0.15, 0.2) is 0 Å². The standard InChI is InChI=1S/C36H34N8O2/c1-25-7-5-9-29(21-25)39-35(45)33-23-31(27-11-15-37-16-12-27)41-43(33)19-3-4-20-44-34(24-32(42-44)28-13-17-38-18-14-28)36(46)40-30-10-6-8-26(2)22-30/h5-18,21-24H,3-4,19-20H2,1-2H3,(H,39,45)(H,40,46). The Morgan fingerprint density at radius 1 is 0.587 bits per heavy atom. The van der Waals surface area contributed by atoms with E-state index in [-0.39, 0.29) is 11.8 Å². The molecule has 10 nitrogen and oxygen atoms in total. The monoisotopic (exact) mass is 610 g/mol. The molecule has 0 spiro atoms. The quantitative estimate of drug-likeness (QED) is 0.156. The minimum atomic E-state index is -0.234. The first-order valence-electron chi connectivity index (χ1n) is 15.2. The van der Waals surface area contributed by atoms with Crippen LogP contribution in [0.15, 0.2) is 110 Å². The van der Waals surface area contributed by atoms with Gasteiger partial charge in [0.05, 0.1) is 11.4 Å². The number of carbonyl (C=O) groups excluding carboxylic acids is 2. The Kier molecular flexibility index (Phi) is 9.05. The first-order chi connectivity index (χ1) is 22.4. The number of anilines is 2. The van der Waals surface area contributed by atoms with Crippen LogP contribution in [0.2, 0.25) is 0 Å². The van der Waals surface area contributed by atoms with E-state index < -0.39 is 0 Å². The van der Waals surface area contributed by atoms with Crippen LogP contribution < -0.4 is 10.6 Å². The first kappa shape index (κ1) is 30.1. The highest BCUT2D eigenvalue weighted by molar-refractivity contribution is 6.04. The summed E-state index contributed by atoms with van der Waals surface area (Å²) in [5.74, 6) is -0.467. The van der Waals surface area contributed by atoms with Crippen molar-refractivity contribution in [2.24, 2.45) is 0 Å². The maximum atomic E-state index is 13.4. The first-order valence-corrected chi connectivity index (χ1v) is 15.2. The summed E-state index contributed by atoms with van der Waals surface area (Å²) in [7, 11) is 0. The van der Waals surface area contributed by atoms with E-state index in [0.29, 0.717) is 48.7 Å². The summed E-state index contributed by atoms with van der Waals surface area (Å²) in [6, 6.07) is 26.5. The van der Waals surface area contributed by atoms with Gasteiger partial charge in [0, 0.05) is 60.4 Å². The van der Waals surface area contributed by atoms with E-state index in [2.05, 4.69) is 20.6 Å². The molecule has 2 amide bonds. The lowest BCUT2D eigenvalue weighted by molar-refractivity contribution is 0.100. The van der Waals surface area contributed by atoms with Crippen molar-refractivity contribution in [1.29, 1.82) is 0 Å². The number of aromatic nitrogens is 6. The maximum absolute atomic E-state index is 13.4. The summed E-state index contributed by atoms with van der Waals surface area (Å²) < 4.78 is 3.50. The molecule has 0 bridgehead atoms. The number of rotatable bonds is 11. The number of unbranched alkanes of at least 4 members (excludes halogenated alkanes) is 1. The van der Waals surface area contributed by atoms with Crippen LogP contribution in [0.25, 0.3) is 22.5 Å². The van der Waals surface area contributed by atoms with E-state index in [1.807, 2.05) is 98.8 Å². The number of amides is 2. The van der Waals surface area contributed by atoms with Crippen molar-refractivity contribution < 1.29 is 9.59 Å². The van der Waals surface area contributed by atoms with Crippen molar-refractivity contribution in [3.8, 4) is 22.5 Å². The fourth-order valence-electron chi connectivity index (χ4n) is 5.23. The second kappa shape index (κ2) is 13.8. The van der Waals surface area contributed by atoms with Crippen molar-refractivity contribution in [3.63, 3.8) is 0 Å². The second-order valence-electron chi connectivity index (χ2n) is 11.1. The Morgan fingerprint density at radius 2 is 1.00 bits per heavy atom. The van der Waals surface area contributed by atoms with Crippen LogP contribution in [-0.4, -0.2) is 41.3 Å². The molecule has 4 aromatic heterocycles. The molecule has 0 atom stereocenters. The molecule has 0 fully saturated rings. The maximum Gasteiger partial charge on any atom is 0.273 e. The van der Waals surface area contributed by atoms with Gasteiger partial charge in [-0.15, -0.1) is 0 Å². The van der Waals surface area contributed by atoms with Gasteiger partial charge in [-0.1, -0.05) is 24.3 Å². The van der Waals surface area contributed by atoms with Crippen LogP contribution in [0.1, 0.15) is 44.9 Å². The van der Waals surface area contributed by atoms with E-state index >= 15 is 0 Å². The van der Waals surface area contributed by atoms with Gasteiger partial charge in [-0.2, -0.15) is 10.2 Å². The summed E-state index contributed by atoms with van der Waals surface area (Å²) >= 11 is 0. The molecule has 2 N–H and O–H groups in total. The largest absolute Gasteiger partial charge is 0.321 e. The molecule has 6 rings (SSSR count). The lowest BCUT2D eigenvalue weighted by Crippen LogP contribution is -2.19. The molecule has 0 radical (unpaired) electrons. The molecular weight excluding hydrogens is 576 g/mol. The number of benzene rings is 2. The Labute approximate surface area is 267 Å². The Hall–Kier alpha value is -5.90. The average molecular weight is 611 g/mol. The van der Waals surface area contributed by atoms with Crippen LogP contribution in [0.5, 0.6) is 0 Å². The number of pyridine rings is 2. The molecule has 0 aliphatic carbocycles. The Balaban J connectivity index is 1.20. The minimum Gasteiger partial charge on any atom is -0.321 e. The zero-order valence-corrected chi connectivity index (χ0v) is 25.7. The molecular formula is C36H34N8O2. The van der Waals surface area contributed by atoms with Crippen LogP contribution >= 0.6 is 0 Å². The van der Waals surface area contributed by atoms with Crippen molar-refractivity contribution in [2.45, 2.75) is 39.8 Å². The normalized spacial score (nSPS) is 10.9. The van der Waals surface area contributed by atoms with Crippen LogP contribution in [0.4, 0.5) is 11.4 Å². The van der Waals surface area contributed by atoms with Crippen molar-refractivity contribution in [2.75, 3.05) is 10.6 Å².